The molecule has 2 aromatic carbocycles. The minimum Gasteiger partial charge on any atom is -0.482 e. The average Bonchev–Trinajstić information content (AvgIpc) is 2.82. The smallest absolute Gasteiger partial charge is 0.271 e. The van der Waals surface area contributed by atoms with Crippen LogP contribution in [-0.2, 0) is 20.8 Å². The van der Waals surface area contributed by atoms with Crippen LogP contribution in [0, 0.1) is 10.1 Å². The largest absolute Gasteiger partial charge is 0.482 e. The van der Waals surface area contributed by atoms with Gasteiger partial charge in [0.25, 0.3) is 11.6 Å². The third kappa shape index (κ3) is 5.43. The van der Waals surface area contributed by atoms with Crippen molar-refractivity contribution in [3.8, 4) is 5.75 Å². The molecule has 2 aliphatic rings. The Morgan fingerprint density at radius 1 is 1.12 bits per heavy atom. The summed E-state index contributed by atoms with van der Waals surface area (Å²) in [5.41, 5.74) is 1.35. The quantitative estimate of drug-likeness (QED) is 0.507. The van der Waals surface area contributed by atoms with Crippen LogP contribution >= 0.6 is 11.8 Å². The first kappa shape index (κ1) is 22.6. The average molecular weight is 471 g/mol. The molecule has 33 heavy (non-hydrogen) atoms. The molecular weight excluding hydrogens is 448 g/mol. The number of benzene rings is 2. The number of hydrogen-bond acceptors (Lipinski definition) is 7. The summed E-state index contributed by atoms with van der Waals surface area (Å²) in [6, 6.07) is 10.9. The minimum atomic E-state index is -0.575. The number of thioether (sulfide) groups is 1. The summed E-state index contributed by atoms with van der Waals surface area (Å²) >= 11 is 1.85. The van der Waals surface area contributed by atoms with Crippen LogP contribution in [0.15, 0.2) is 42.5 Å². The first-order valence-corrected chi connectivity index (χ1v) is 11.5. The summed E-state index contributed by atoms with van der Waals surface area (Å²) in [4.78, 5) is 50.9. The van der Waals surface area contributed by atoms with Crippen molar-refractivity contribution in [2.75, 3.05) is 48.0 Å². The fourth-order valence-electron chi connectivity index (χ4n) is 3.63. The molecule has 1 N–H and O–H groups in total. The summed E-state index contributed by atoms with van der Waals surface area (Å²) in [6.07, 6.45) is 0.302. The van der Waals surface area contributed by atoms with Crippen molar-refractivity contribution in [3.63, 3.8) is 0 Å². The molecule has 0 radical (unpaired) electrons. The molecule has 0 aliphatic carbocycles. The Labute approximate surface area is 194 Å². The minimum absolute atomic E-state index is 0.0886. The lowest BCUT2D eigenvalue weighted by Gasteiger charge is -2.28. The van der Waals surface area contributed by atoms with Gasteiger partial charge in [-0.3, -0.25) is 29.4 Å². The normalized spacial score (nSPS) is 15.5. The lowest BCUT2D eigenvalue weighted by atomic mass is 10.1. The zero-order valence-corrected chi connectivity index (χ0v) is 18.5. The van der Waals surface area contributed by atoms with Gasteiger partial charge in [-0.2, -0.15) is 11.8 Å². The van der Waals surface area contributed by atoms with Crippen LogP contribution in [-0.4, -0.2) is 65.3 Å². The van der Waals surface area contributed by atoms with Gasteiger partial charge in [0.2, 0.25) is 11.8 Å². The van der Waals surface area contributed by atoms with Crippen LogP contribution in [0.3, 0.4) is 0 Å². The van der Waals surface area contributed by atoms with Crippen molar-refractivity contribution < 1.29 is 24.0 Å². The summed E-state index contributed by atoms with van der Waals surface area (Å²) < 4.78 is 5.31. The van der Waals surface area contributed by atoms with E-state index in [0.717, 1.165) is 30.2 Å². The first-order valence-electron chi connectivity index (χ1n) is 10.4. The van der Waals surface area contributed by atoms with Gasteiger partial charge in [-0.1, -0.05) is 12.1 Å². The Morgan fingerprint density at radius 2 is 1.85 bits per heavy atom. The van der Waals surface area contributed by atoms with Gasteiger partial charge in [-0.15, -0.1) is 0 Å². The molecular formula is C22H22N4O6S. The Morgan fingerprint density at radius 3 is 2.55 bits per heavy atom. The van der Waals surface area contributed by atoms with Crippen molar-refractivity contribution in [2.45, 2.75) is 6.42 Å². The predicted octanol–water partition coefficient (Wildman–Crippen LogP) is 2.08. The first-order chi connectivity index (χ1) is 15.9. The second kappa shape index (κ2) is 9.90. The second-order valence-electron chi connectivity index (χ2n) is 7.59. The van der Waals surface area contributed by atoms with E-state index in [1.54, 1.807) is 24.3 Å². The Balaban J connectivity index is 1.38. The Hall–Kier alpha value is -3.60. The van der Waals surface area contributed by atoms with Gasteiger partial charge in [0.05, 0.1) is 17.0 Å². The molecule has 4 rings (SSSR count). The lowest BCUT2D eigenvalue weighted by molar-refractivity contribution is -0.384. The molecule has 0 bridgehead atoms. The summed E-state index contributed by atoms with van der Waals surface area (Å²) in [5.74, 6) is 1.38. The van der Waals surface area contributed by atoms with Crippen LogP contribution in [0.4, 0.5) is 17.1 Å². The van der Waals surface area contributed by atoms with E-state index in [1.165, 1.54) is 23.1 Å². The van der Waals surface area contributed by atoms with E-state index in [0.29, 0.717) is 17.9 Å². The highest BCUT2D eigenvalue weighted by Crippen LogP contribution is 2.35. The zero-order chi connectivity index (χ0) is 23.4. The van der Waals surface area contributed by atoms with Gasteiger partial charge >= 0.3 is 0 Å². The number of carbonyl (C=O) groups excluding carboxylic acids is 3. The topological polar surface area (TPSA) is 122 Å². The van der Waals surface area contributed by atoms with E-state index in [4.69, 9.17) is 4.74 Å². The van der Waals surface area contributed by atoms with Crippen molar-refractivity contribution in [3.05, 3.63) is 58.1 Å². The molecule has 0 unspecified atom stereocenters. The van der Waals surface area contributed by atoms with Crippen LogP contribution in [0.25, 0.3) is 0 Å². The standard InChI is InChI=1S/C22H22N4O6S/c27-20(13-25-18-12-17(26(30)31)5-6-19(18)32-14-22(25)29)23-16-3-1-15(2-4-16)11-21(28)24-7-9-33-10-8-24/h1-6,12H,7-11,13-14H2,(H,23,27). The van der Waals surface area contributed by atoms with E-state index in [1.807, 2.05) is 16.7 Å². The maximum Gasteiger partial charge on any atom is 0.271 e. The van der Waals surface area contributed by atoms with Crippen LogP contribution in [0.1, 0.15) is 5.56 Å². The van der Waals surface area contributed by atoms with E-state index in [9.17, 15) is 24.5 Å². The number of carbonyl (C=O) groups is 3. The summed E-state index contributed by atoms with van der Waals surface area (Å²) in [5, 5.41) is 13.8. The maximum absolute atomic E-state index is 12.6. The van der Waals surface area contributed by atoms with Crippen LogP contribution in [0.2, 0.25) is 0 Å². The van der Waals surface area contributed by atoms with Crippen LogP contribution in [0.5, 0.6) is 5.75 Å². The third-order valence-corrected chi connectivity index (χ3v) is 6.30. The van der Waals surface area contributed by atoms with Gasteiger partial charge in [0.1, 0.15) is 12.3 Å². The molecule has 172 valence electrons. The summed E-state index contributed by atoms with van der Waals surface area (Å²) in [6.45, 7) is 0.967. The lowest BCUT2D eigenvalue weighted by Crippen LogP contribution is -2.43. The molecule has 0 atom stereocenters. The highest BCUT2D eigenvalue weighted by Gasteiger charge is 2.29. The van der Waals surface area contributed by atoms with E-state index >= 15 is 0 Å². The van der Waals surface area contributed by atoms with Gasteiger partial charge < -0.3 is 15.0 Å². The van der Waals surface area contributed by atoms with Gasteiger partial charge in [0, 0.05) is 42.4 Å². The number of rotatable bonds is 6. The molecule has 11 heteroatoms. The van der Waals surface area contributed by atoms with E-state index < -0.39 is 16.7 Å². The van der Waals surface area contributed by atoms with Gasteiger partial charge in [0.15, 0.2) is 6.61 Å². The van der Waals surface area contributed by atoms with E-state index in [-0.39, 0.29) is 30.4 Å². The van der Waals surface area contributed by atoms with Crippen molar-refractivity contribution in [1.82, 2.24) is 4.90 Å². The molecule has 2 aromatic rings. The molecule has 2 heterocycles. The number of fused-ring (bicyclic) bond motifs is 1. The van der Waals surface area contributed by atoms with Crippen molar-refractivity contribution in [2.24, 2.45) is 0 Å². The number of nitro groups is 1. The Bertz CT molecular complexity index is 1080. The number of amides is 3. The molecule has 0 aromatic heterocycles. The maximum atomic E-state index is 12.6. The molecule has 0 spiro atoms. The molecule has 3 amide bonds. The number of anilines is 2. The molecule has 10 nitrogen and oxygen atoms in total. The molecule has 1 saturated heterocycles. The SMILES string of the molecule is O=C(CN1C(=O)COc2ccc([N+](=O)[O-])cc21)Nc1ccc(CC(=O)N2CCSCC2)cc1. The highest BCUT2D eigenvalue weighted by atomic mass is 32.2. The summed E-state index contributed by atoms with van der Waals surface area (Å²) in [7, 11) is 0. The van der Waals surface area contributed by atoms with Gasteiger partial charge in [-0.05, 0) is 23.8 Å². The number of nitro benzene ring substituents is 1. The van der Waals surface area contributed by atoms with Crippen molar-refractivity contribution in [1.29, 1.82) is 0 Å². The molecule has 0 saturated carbocycles. The fourth-order valence-corrected chi connectivity index (χ4v) is 4.53. The zero-order valence-electron chi connectivity index (χ0n) is 17.7. The highest BCUT2D eigenvalue weighted by molar-refractivity contribution is 7.99. The predicted molar refractivity (Wildman–Crippen MR) is 124 cm³/mol. The van der Waals surface area contributed by atoms with Crippen molar-refractivity contribution >= 4 is 46.5 Å². The number of nitrogens with one attached hydrogen (secondary N) is 1. The molecule has 2 aliphatic heterocycles. The number of ether oxygens (including phenoxy) is 1. The molecule has 1 fully saturated rings. The number of hydrogen-bond donors (Lipinski definition) is 1. The second-order valence-corrected chi connectivity index (χ2v) is 8.82. The monoisotopic (exact) mass is 470 g/mol. The van der Waals surface area contributed by atoms with Gasteiger partial charge in [-0.25, -0.2) is 0 Å². The number of nitrogens with zero attached hydrogens (tertiary/aromatic N) is 3. The third-order valence-electron chi connectivity index (χ3n) is 5.35. The fraction of sp³-hybridized carbons (Fsp3) is 0.318. The Kier molecular flexibility index (Phi) is 6.78. The van der Waals surface area contributed by atoms with Crippen LogP contribution < -0.4 is 15.0 Å². The number of non-ortho nitro benzene ring substituents is 1. The van der Waals surface area contributed by atoms with E-state index in [2.05, 4.69) is 5.32 Å².